The quantitative estimate of drug-likeness (QED) is 0.189. The molecule has 52 heavy (non-hydrogen) atoms. The van der Waals surface area contributed by atoms with E-state index in [1.165, 1.54) is 0 Å². The average Bonchev–Trinajstić information content (AvgIpc) is 3.58. The molecule has 3 fully saturated rings. The second-order valence-corrected chi connectivity index (χ2v) is 16.9. The number of benzene rings is 3. The van der Waals surface area contributed by atoms with Crippen molar-refractivity contribution in [3.05, 3.63) is 84.7 Å². The molecule has 2 amide bonds. The number of rotatable bonds is 5. The first-order valence-corrected chi connectivity index (χ1v) is 18.4. The molecular weight excluding hydrogens is 653 g/mol. The third-order valence-corrected chi connectivity index (χ3v) is 10.3. The van der Waals surface area contributed by atoms with Crippen LogP contribution in [-0.2, 0) is 9.47 Å². The molecule has 3 aliphatic rings. The number of imidazole rings is 2. The van der Waals surface area contributed by atoms with Crippen LogP contribution in [0.2, 0.25) is 0 Å². The number of fused-ring (bicyclic) bond motifs is 2. The van der Waals surface area contributed by atoms with Crippen molar-refractivity contribution < 1.29 is 19.1 Å². The van der Waals surface area contributed by atoms with Crippen LogP contribution in [0.3, 0.4) is 0 Å². The summed E-state index contributed by atoms with van der Waals surface area (Å²) in [7, 11) is 0. The van der Waals surface area contributed by atoms with E-state index in [1.807, 2.05) is 58.8 Å². The van der Waals surface area contributed by atoms with E-state index in [4.69, 9.17) is 19.4 Å². The first-order chi connectivity index (χ1) is 24.7. The standard InChI is InChI=1S/C42H48N6O4/c1-24-16-35(47(23-24)39(49)51-41(2,3)4)37-43-22-33(46-37)30-15-14-28-17-27(12-13-29(28)18-30)25-8-10-26(11-9-25)32-21-44-38(45-32)36-20-31-19-34(31)48(36)40(50)52-42(5,6)7/h8-15,17-18,21-22,24,31,34-36H,16,19-20,23H2,1-7H3,(H,43,46)(H,44,45)/t24-,31-,34?,35+,36+/m1/s1. The van der Waals surface area contributed by atoms with Crippen molar-refractivity contribution in [2.24, 2.45) is 11.8 Å². The molecule has 2 aromatic heterocycles. The average molecular weight is 701 g/mol. The number of H-pyrrole nitrogens is 2. The van der Waals surface area contributed by atoms with E-state index in [0.717, 1.165) is 75.3 Å². The van der Waals surface area contributed by atoms with Crippen LogP contribution < -0.4 is 0 Å². The Morgan fingerprint density at radius 1 is 0.673 bits per heavy atom. The molecule has 2 N–H and O–H groups in total. The largest absolute Gasteiger partial charge is 0.444 e. The van der Waals surface area contributed by atoms with Crippen LogP contribution in [0.1, 0.15) is 91.5 Å². The second-order valence-electron chi connectivity index (χ2n) is 16.9. The molecule has 5 atom stereocenters. The first-order valence-electron chi connectivity index (χ1n) is 18.4. The molecule has 10 heteroatoms. The van der Waals surface area contributed by atoms with Crippen molar-refractivity contribution in [1.82, 2.24) is 29.7 Å². The topological polar surface area (TPSA) is 116 Å². The molecular formula is C42H48N6O4. The van der Waals surface area contributed by atoms with Crippen LogP contribution in [0, 0.1) is 11.8 Å². The lowest BCUT2D eigenvalue weighted by Gasteiger charge is -2.29. The monoisotopic (exact) mass is 700 g/mol. The Labute approximate surface area is 304 Å². The molecule has 5 aromatic rings. The molecule has 1 unspecified atom stereocenters. The van der Waals surface area contributed by atoms with Gasteiger partial charge in [0.25, 0.3) is 0 Å². The zero-order valence-corrected chi connectivity index (χ0v) is 31.1. The molecule has 1 saturated carbocycles. The van der Waals surface area contributed by atoms with E-state index >= 15 is 0 Å². The fraction of sp³-hybridized carbons (Fsp3) is 0.429. The van der Waals surface area contributed by atoms with Gasteiger partial charge in [-0.3, -0.25) is 9.80 Å². The van der Waals surface area contributed by atoms with Crippen LogP contribution in [0.15, 0.2) is 73.1 Å². The molecule has 0 spiro atoms. The van der Waals surface area contributed by atoms with Crippen LogP contribution in [0.4, 0.5) is 9.59 Å². The van der Waals surface area contributed by atoms with Gasteiger partial charge in [-0.05, 0) is 112 Å². The van der Waals surface area contributed by atoms with Crippen LogP contribution in [0.25, 0.3) is 44.4 Å². The zero-order chi connectivity index (χ0) is 36.5. The van der Waals surface area contributed by atoms with Gasteiger partial charge in [0, 0.05) is 18.2 Å². The van der Waals surface area contributed by atoms with Gasteiger partial charge in [-0.15, -0.1) is 0 Å². The summed E-state index contributed by atoms with van der Waals surface area (Å²) >= 11 is 0. The molecule has 270 valence electrons. The number of nitrogens with one attached hydrogen (secondary N) is 2. The number of likely N-dealkylation sites (tertiary alicyclic amines) is 2. The Kier molecular flexibility index (Phi) is 8.19. The van der Waals surface area contributed by atoms with Crippen LogP contribution in [0.5, 0.6) is 0 Å². The molecule has 2 saturated heterocycles. The molecule has 10 nitrogen and oxygen atoms in total. The Morgan fingerprint density at radius 2 is 1.21 bits per heavy atom. The van der Waals surface area contributed by atoms with Gasteiger partial charge in [-0.2, -0.15) is 0 Å². The Bertz CT molecular complexity index is 2140. The van der Waals surface area contributed by atoms with E-state index in [9.17, 15) is 9.59 Å². The van der Waals surface area contributed by atoms with Gasteiger partial charge in [0.1, 0.15) is 22.9 Å². The number of carbonyl (C=O) groups excluding carboxylic acids is 2. The van der Waals surface area contributed by atoms with E-state index < -0.39 is 11.2 Å². The summed E-state index contributed by atoms with van der Waals surface area (Å²) in [6, 6.07) is 21.5. The summed E-state index contributed by atoms with van der Waals surface area (Å²) in [5.41, 5.74) is 5.11. The minimum absolute atomic E-state index is 0.0919. The predicted molar refractivity (Wildman–Crippen MR) is 201 cm³/mol. The lowest BCUT2D eigenvalue weighted by molar-refractivity contribution is 0.0172. The van der Waals surface area contributed by atoms with Gasteiger partial charge in [-0.25, -0.2) is 19.6 Å². The van der Waals surface area contributed by atoms with Gasteiger partial charge in [0.2, 0.25) is 0 Å². The fourth-order valence-corrected chi connectivity index (χ4v) is 7.85. The van der Waals surface area contributed by atoms with E-state index in [0.29, 0.717) is 18.4 Å². The maximum atomic E-state index is 13.1. The van der Waals surface area contributed by atoms with E-state index in [1.54, 1.807) is 4.90 Å². The zero-order valence-electron chi connectivity index (χ0n) is 31.1. The molecule has 8 rings (SSSR count). The Balaban J connectivity index is 0.959. The SMILES string of the molecule is C[C@@H]1C[C@@H](c2ncc(-c3ccc4cc(-c5ccc(-c6cnc([C@@H]7C[C@H]8CC8N7C(=O)OC(C)(C)C)[nH]6)cc5)ccc4c3)[nH]2)N(C(=O)OC(C)(C)C)C1. The number of carbonyl (C=O) groups is 2. The predicted octanol–water partition coefficient (Wildman–Crippen LogP) is 9.68. The van der Waals surface area contributed by atoms with Crippen molar-refractivity contribution in [1.29, 1.82) is 0 Å². The lowest BCUT2D eigenvalue weighted by Crippen LogP contribution is -2.38. The fourth-order valence-electron chi connectivity index (χ4n) is 7.85. The second kappa shape index (κ2) is 12.5. The summed E-state index contributed by atoms with van der Waals surface area (Å²) in [5.74, 6) is 2.49. The summed E-state index contributed by atoms with van der Waals surface area (Å²) in [5, 5.41) is 2.28. The smallest absolute Gasteiger partial charge is 0.411 e. The van der Waals surface area contributed by atoms with Gasteiger partial charge in [0.05, 0.1) is 35.9 Å². The van der Waals surface area contributed by atoms with Crippen LogP contribution in [-0.4, -0.2) is 65.7 Å². The third kappa shape index (κ3) is 6.78. The van der Waals surface area contributed by atoms with Crippen molar-refractivity contribution in [3.8, 4) is 33.6 Å². The summed E-state index contributed by atoms with van der Waals surface area (Å²) in [6.07, 6.45) is 5.97. The highest BCUT2D eigenvalue weighted by Crippen LogP contribution is 2.53. The normalized spacial score (nSPS) is 22.9. The van der Waals surface area contributed by atoms with Crippen molar-refractivity contribution in [3.63, 3.8) is 0 Å². The van der Waals surface area contributed by atoms with Gasteiger partial charge in [0.15, 0.2) is 0 Å². The Hall–Kier alpha value is -5.12. The maximum absolute atomic E-state index is 13.1. The van der Waals surface area contributed by atoms with Gasteiger partial charge in [-0.1, -0.05) is 55.5 Å². The molecule has 0 radical (unpaired) electrons. The van der Waals surface area contributed by atoms with Crippen molar-refractivity contribution in [2.45, 2.75) is 97.1 Å². The number of hydrogen-bond acceptors (Lipinski definition) is 6. The molecule has 0 bridgehead atoms. The van der Waals surface area contributed by atoms with Gasteiger partial charge < -0.3 is 19.4 Å². The molecule has 4 heterocycles. The highest BCUT2D eigenvalue weighted by atomic mass is 16.6. The number of aromatic nitrogens is 4. The highest BCUT2D eigenvalue weighted by Gasteiger charge is 2.56. The number of nitrogens with zero attached hydrogens (tertiary/aromatic N) is 4. The number of aromatic amines is 2. The minimum atomic E-state index is -0.550. The van der Waals surface area contributed by atoms with Crippen molar-refractivity contribution >= 4 is 23.0 Å². The third-order valence-electron chi connectivity index (χ3n) is 10.3. The number of ether oxygens (including phenoxy) is 2. The van der Waals surface area contributed by atoms with Crippen LogP contribution >= 0.6 is 0 Å². The maximum Gasteiger partial charge on any atom is 0.411 e. The van der Waals surface area contributed by atoms with E-state index in [-0.39, 0.29) is 30.3 Å². The van der Waals surface area contributed by atoms with E-state index in [2.05, 4.69) is 77.6 Å². The summed E-state index contributed by atoms with van der Waals surface area (Å²) in [6.45, 7) is 14.2. The first kappa shape index (κ1) is 34.0. The summed E-state index contributed by atoms with van der Waals surface area (Å²) in [4.78, 5) is 46.2. The highest BCUT2D eigenvalue weighted by molar-refractivity contribution is 5.90. The molecule has 1 aliphatic carbocycles. The number of piperidine rings is 1. The minimum Gasteiger partial charge on any atom is -0.444 e. The molecule has 2 aliphatic heterocycles. The van der Waals surface area contributed by atoms with Crippen molar-refractivity contribution in [2.75, 3.05) is 6.54 Å². The Morgan fingerprint density at radius 3 is 1.87 bits per heavy atom. The van der Waals surface area contributed by atoms with Gasteiger partial charge >= 0.3 is 12.2 Å². The number of amides is 2. The number of hydrogen-bond donors (Lipinski definition) is 2. The summed E-state index contributed by atoms with van der Waals surface area (Å²) < 4.78 is 11.4. The molecule has 3 aromatic carbocycles. The lowest BCUT2D eigenvalue weighted by atomic mass is 9.98.